The molecule has 0 spiro atoms. The summed E-state index contributed by atoms with van der Waals surface area (Å²) in [6.45, 7) is 13.3. The third kappa shape index (κ3) is 6.44. The molecule has 2 N–H and O–H groups in total. The van der Waals surface area contributed by atoms with Crippen LogP contribution in [0.25, 0.3) is 0 Å². The average Bonchev–Trinajstić information content (AvgIpc) is 3.02. The van der Waals surface area contributed by atoms with E-state index in [1.54, 1.807) is 0 Å². The SMILES string of the molecule is CC(C)(C)c1ccc(C(c2ccccc2)(c2ccc(NC(=O)c3cncc(C(=O)O)c3)cc2)c2ccc(C(C)(C)C)cc2)cc1. The molecule has 0 aliphatic rings. The van der Waals surface area contributed by atoms with Crippen LogP contribution in [0.3, 0.4) is 0 Å². The monoisotopic (exact) mass is 596 g/mol. The van der Waals surface area contributed by atoms with Crippen LogP contribution in [-0.4, -0.2) is 22.0 Å². The number of pyridine rings is 1. The van der Waals surface area contributed by atoms with Crippen molar-refractivity contribution < 1.29 is 14.7 Å². The Kier molecular flexibility index (Phi) is 8.48. The second kappa shape index (κ2) is 12.2. The van der Waals surface area contributed by atoms with E-state index in [0.29, 0.717) is 5.69 Å². The largest absolute Gasteiger partial charge is 0.478 e. The first-order valence-electron chi connectivity index (χ1n) is 15.2. The number of rotatable bonds is 7. The summed E-state index contributed by atoms with van der Waals surface area (Å²) in [5, 5.41) is 12.2. The number of carboxylic acids is 1. The van der Waals surface area contributed by atoms with E-state index in [1.165, 1.54) is 29.6 Å². The lowest BCUT2D eigenvalue weighted by Crippen LogP contribution is -2.31. The molecule has 5 heteroatoms. The molecule has 1 amide bonds. The van der Waals surface area contributed by atoms with Gasteiger partial charge in [0.1, 0.15) is 0 Å². The average molecular weight is 597 g/mol. The van der Waals surface area contributed by atoms with Gasteiger partial charge in [-0.05, 0) is 62.4 Å². The van der Waals surface area contributed by atoms with Gasteiger partial charge in [-0.2, -0.15) is 0 Å². The Morgan fingerprint density at radius 2 is 0.956 bits per heavy atom. The van der Waals surface area contributed by atoms with Crippen molar-refractivity contribution in [2.45, 2.75) is 57.8 Å². The van der Waals surface area contributed by atoms with Crippen LogP contribution in [0.2, 0.25) is 0 Å². The first kappa shape index (κ1) is 31.4. The number of carbonyl (C=O) groups is 2. The molecule has 5 aromatic rings. The van der Waals surface area contributed by atoms with E-state index in [9.17, 15) is 14.7 Å². The summed E-state index contributed by atoms with van der Waals surface area (Å²) < 4.78 is 0. The van der Waals surface area contributed by atoms with E-state index < -0.39 is 17.3 Å². The number of carboxylic acid groups (broad SMARTS) is 1. The topological polar surface area (TPSA) is 79.3 Å². The maximum Gasteiger partial charge on any atom is 0.337 e. The number of hydrogen-bond acceptors (Lipinski definition) is 3. The minimum Gasteiger partial charge on any atom is -0.478 e. The first-order valence-corrected chi connectivity index (χ1v) is 15.2. The molecule has 1 heterocycles. The van der Waals surface area contributed by atoms with Gasteiger partial charge in [0.25, 0.3) is 5.91 Å². The summed E-state index contributed by atoms with van der Waals surface area (Å²) in [7, 11) is 0. The molecule has 0 aliphatic carbocycles. The fraction of sp³-hybridized carbons (Fsp3) is 0.225. The third-order valence-electron chi connectivity index (χ3n) is 8.40. The van der Waals surface area contributed by atoms with Crippen molar-refractivity contribution in [3.05, 3.63) is 166 Å². The summed E-state index contributed by atoms with van der Waals surface area (Å²) >= 11 is 0. The molecule has 0 bridgehead atoms. The van der Waals surface area contributed by atoms with Crippen LogP contribution < -0.4 is 5.32 Å². The van der Waals surface area contributed by atoms with Crippen molar-refractivity contribution in [2.24, 2.45) is 0 Å². The lowest BCUT2D eigenvalue weighted by molar-refractivity contribution is 0.0696. The number of carbonyl (C=O) groups excluding carboxylic acids is 1. The minimum absolute atomic E-state index is 0.0155. The smallest absolute Gasteiger partial charge is 0.337 e. The Bertz CT molecular complexity index is 1740. The van der Waals surface area contributed by atoms with Gasteiger partial charge >= 0.3 is 5.97 Å². The van der Waals surface area contributed by atoms with Crippen LogP contribution >= 0.6 is 0 Å². The molecule has 228 valence electrons. The van der Waals surface area contributed by atoms with E-state index in [2.05, 4.69) is 137 Å². The lowest BCUT2D eigenvalue weighted by Gasteiger charge is -2.37. The van der Waals surface area contributed by atoms with E-state index in [4.69, 9.17) is 0 Å². The van der Waals surface area contributed by atoms with Crippen molar-refractivity contribution in [1.29, 1.82) is 0 Å². The highest BCUT2D eigenvalue weighted by Crippen LogP contribution is 2.46. The first-order chi connectivity index (χ1) is 21.3. The molecule has 5 nitrogen and oxygen atoms in total. The Morgan fingerprint density at radius 1 is 0.556 bits per heavy atom. The molecule has 1 aromatic heterocycles. The number of aromatic nitrogens is 1. The van der Waals surface area contributed by atoms with Crippen molar-refractivity contribution in [1.82, 2.24) is 4.98 Å². The second-order valence-corrected chi connectivity index (χ2v) is 13.6. The Labute approximate surface area is 266 Å². The number of hydrogen-bond donors (Lipinski definition) is 2. The zero-order chi connectivity index (χ0) is 32.4. The number of amides is 1. The van der Waals surface area contributed by atoms with Gasteiger partial charge in [-0.1, -0.05) is 133 Å². The van der Waals surface area contributed by atoms with Crippen LogP contribution in [0.4, 0.5) is 5.69 Å². The highest BCUT2D eigenvalue weighted by atomic mass is 16.4. The van der Waals surface area contributed by atoms with Gasteiger partial charge in [-0.15, -0.1) is 0 Å². The third-order valence-corrected chi connectivity index (χ3v) is 8.40. The van der Waals surface area contributed by atoms with Gasteiger partial charge in [-0.3, -0.25) is 9.78 Å². The Morgan fingerprint density at radius 3 is 1.40 bits per heavy atom. The molecule has 5 rings (SSSR count). The van der Waals surface area contributed by atoms with Gasteiger partial charge < -0.3 is 10.4 Å². The highest BCUT2D eigenvalue weighted by Gasteiger charge is 2.38. The number of benzene rings is 4. The number of aromatic carboxylic acids is 1. The number of anilines is 1. The number of nitrogens with one attached hydrogen (secondary N) is 1. The molecule has 0 aliphatic heterocycles. The van der Waals surface area contributed by atoms with Gasteiger partial charge in [0, 0.05) is 18.1 Å². The van der Waals surface area contributed by atoms with E-state index in [0.717, 1.165) is 22.3 Å². The predicted molar refractivity (Wildman–Crippen MR) is 181 cm³/mol. The second-order valence-electron chi connectivity index (χ2n) is 13.6. The quantitative estimate of drug-likeness (QED) is 0.184. The highest BCUT2D eigenvalue weighted by molar-refractivity contribution is 6.05. The van der Waals surface area contributed by atoms with Crippen LogP contribution in [0.1, 0.15) is 95.6 Å². The summed E-state index contributed by atoms with van der Waals surface area (Å²) in [5.41, 5.74) is 7.09. The predicted octanol–water partition coefficient (Wildman–Crippen LogP) is 9.01. The summed E-state index contributed by atoms with van der Waals surface area (Å²) in [5.74, 6) is -1.56. The molecule has 0 fully saturated rings. The van der Waals surface area contributed by atoms with E-state index in [-0.39, 0.29) is 22.0 Å². The van der Waals surface area contributed by atoms with Crippen LogP contribution in [0.5, 0.6) is 0 Å². The van der Waals surface area contributed by atoms with Gasteiger partial charge in [0.2, 0.25) is 0 Å². The molecule has 0 saturated carbocycles. The van der Waals surface area contributed by atoms with Gasteiger partial charge in [0.15, 0.2) is 0 Å². The van der Waals surface area contributed by atoms with Crippen molar-refractivity contribution in [2.75, 3.05) is 5.32 Å². The summed E-state index contributed by atoms with van der Waals surface area (Å²) in [4.78, 5) is 28.3. The molecule has 45 heavy (non-hydrogen) atoms. The minimum atomic E-state index is -1.13. The molecule has 4 aromatic carbocycles. The van der Waals surface area contributed by atoms with Crippen LogP contribution in [0, 0.1) is 0 Å². The maximum absolute atomic E-state index is 13.0. The Hall–Kier alpha value is -5.03. The zero-order valence-electron chi connectivity index (χ0n) is 26.8. The zero-order valence-corrected chi connectivity index (χ0v) is 26.8. The van der Waals surface area contributed by atoms with Crippen molar-refractivity contribution >= 4 is 17.6 Å². The van der Waals surface area contributed by atoms with Crippen molar-refractivity contribution in [3.63, 3.8) is 0 Å². The van der Waals surface area contributed by atoms with Gasteiger partial charge in [-0.25, -0.2) is 4.79 Å². The number of nitrogens with zero attached hydrogens (tertiary/aromatic N) is 1. The molecule has 0 atom stereocenters. The standard InChI is InChI=1S/C40H40N2O3/c1-38(2,3)29-12-16-32(17-13-29)40(31-10-8-7-9-11-31,33-18-14-30(15-19-33)39(4,5)6)34-20-22-35(23-21-34)42-36(43)27-24-28(37(44)45)26-41-25-27/h7-26H,1-6H3,(H,42,43)(H,44,45). The van der Waals surface area contributed by atoms with Crippen LogP contribution in [0.15, 0.2) is 122 Å². The molecule has 0 saturated heterocycles. The summed E-state index contributed by atoms with van der Waals surface area (Å²) in [6.07, 6.45) is 2.58. The molecular formula is C40H40N2O3. The molecular weight excluding hydrogens is 556 g/mol. The normalized spacial score (nSPS) is 12.0. The van der Waals surface area contributed by atoms with Crippen molar-refractivity contribution in [3.8, 4) is 0 Å². The van der Waals surface area contributed by atoms with E-state index >= 15 is 0 Å². The van der Waals surface area contributed by atoms with Crippen LogP contribution in [-0.2, 0) is 16.2 Å². The molecule has 0 radical (unpaired) electrons. The maximum atomic E-state index is 13.0. The fourth-order valence-electron chi connectivity index (χ4n) is 5.82. The Balaban J connectivity index is 1.65. The lowest BCUT2D eigenvalue weighted by atomic mass is 9.64. The fourth-order valence-corrected chi connectivity index (χ4v) is 5.82. The van der Waals surface area contributed by atoms with E-state index in [1.807, 2.05) is 18.2 Å². The molecule has 0 unspecified atom stereocenters. The summed E-state index contributed by atoms with van der Waals surface area (Å²) in [6, 6.07) is 37.6. The van der Waals surface area contributed by atoms with Gasteiger partial charge in [0.05, 0.1) is 16.5 Å².